The van der Waals surface area contributed by atoms with Gasteiger partial charge in [0.05, 0.1) is 0 Å². The highest BCUT2D eigenvalue weighted by molar-refractivity contribution is 8.01. The zero-order valence-corrected chi connectivity index (χ0v) is 7.32. The molecule has 0 saturated carbocycles. The summed E-state index contributed by atoms with van der Waals surface area (Å²) in [5.74, 6) is 0. The molecule has 0 radical (unpaired) electrons. The predicted molar refractivity (Wildman–Crippen MR) is 50.8 cm³/mol. The number of rotatable bonds is 4. The molecule has 0 aromatic heterocycles. The summed E-state index contributed by atoms with van der Waals surface area (Å²) in [6, 6.07) is 0. The van der Waals surface area contributed by atoms with Gasteiger partial charge in [0.25, 0.3) is 0 Å². The van der Waals surface area contributed by atoms with Crippen LogP contribution in [0.15, 0.2) is 28.6 Å². The average molecular weight is 155 g/mol. The standard InChI is InChI=1S/C8H13NS/c1-4-9-7-8(2)5-6-10-3/h5-7H,2,4H2,1,3H3/b6-5-,9-7?. The highest BCUT2D eigenvalue weighted by atomic mass is 32.2. The van der Waals surface area contributed by atoms with Crippen molar-refractivity contribution in [3.8, 4) is 0 Å². The number of hydrogen-bond donors (Lipinski definition) is 0. The monoisotopic (exact) mass is 155 g/mol. The molecule has 0 aliphatic rings. The van der Waals surface area contributed by atoms with E-state index >= 15 is 0 Å². The molecule has 0 rings (SSSR count). The zero-order valence-electron chi connectivity index (χ0n) is 6.50. The van der Waals surface area contributed by atoms with E-state index in [-0.39, 0.29) is 0 Å². The Balaban J connectivity index is 3.63. The maximum Gasteiger partial charge on any atom is 0.0361 e. The number of hydrogen-bond acceptors (Lipinski definition) is 2. The minimum atomic E-state index is 0.826. The summed E-state index contributed by atoms with van der Waals surface area (Å²) < 4.78 is 0. The molecule has 10 heavy (non-hydrogen) atoms. The first-order valence-electron chi connectivity index (χ1n) is 3.19. The van der Waals surface area contributed by atoms with E-state index in [1.165, 1.54) is 0 Å². The van der Waals surface area contributed by atoms with Gasteiger partial charge in [-0.3, -0.25) is 4.99 Å². The van der Waals surface area contributed by atoms with Crippen molar-refractivity contribution in [1.82, 2.24) is 0 Å². The summed E-state index contributed by atoms with van der Waals surface area (Å²) in [7, 11) is 0. The van der Waals surface area contributed by atoms with Gasteiger partial charge in [-0.25, -0.2) is 0 Å². The van der Waals surface area contributed by atoms with E-state index in [0.717, 1.165) is 12.1 Å². The van der Waals surface area contributed by atoms with Crippen LogP contribution in [0.1, 0.15) is 6.92 Å². The summed E-state index contributed by atoms with van der Waals surface area (Å²) in [5, 5.41) is 1.99. The SMILES string of the molecule is C=C(C=NCC)/C=C\SC. The van der Waals surface area contributed by atoms with Gasteiger partial charge in [0.2, 0.25) is 0 Å². The molecule has 56 valence electrons. The molecule has 0 saturated heterocycles. The molecule has 0 aliphatic heterocycles. The van der Waals surface area contributed by atoms with Crippen LogP contribution in [0.2, 0.25) is 0 Å². The third-order valence-electron chi connectivity index (χ3n) is 0.858. The van der Waals surface area contributed by atoms with Crippen LogP contribution < -0.4 is 0 Å². The van der Waals surface area contributed by atoms with E-state index in [9.17, 15) is 0 Å². The van der Waals surface area contributed by atoms with Crippen molar-refractivity contribution < 1.29 is 0 Å². The van der Waals surface area contributed by atoms with Gasteiger partial charge in [0.15, 0.2) is 0 Å². The maximum absolute atomic E-state index is 4.04. The normalized spacial score (nSPS) is 11.4. The molecule has 0 bridgehead atoms. The molecular weight excluding hydrogens is 142 g/mol. The van der Waals surface area contributed by atoms with Gasteiger partial charge >= 0.3 is 0 Å². The number of thioether (sulfide) groups is 1. The average Bonchev–Trinajstić information content (AvgIpc) is 1.97. The Bertz CT molecular complexity index is 131. The highest BCUT2D eigenvalue weighted by Crippen LogP contribution is 1.97. The second kappa shape index (κ2) is 6.62. The lowest BCUT2D eigenvalue weighted by molar-refractivity contribution is 1.14. The number of aliphatic imine (C=N–C) groups is 1. The first-order valence-corrected chi connectivity index (χ1v) is 4.48. The number of nitrogens with zero attached hydrogens (tertiary/aromatic N) is 1. The Hall–Kier alpha value is -0.500. The van der Waals surface area contributed by atoms with Crippen LogP contribution in [0.5, 0.6) is 0 Å². The van der Waals surface area contributed by atoms with Gasteiger partial charge in [0.1, 0.15) is 0 Å². The first kappa shape index (κ1) is 9.50. The predicted octanol–water partition coefficient (Wildman–Crippen LogP) is 2.51. The van der Waals surface area contributed by atoms with Crippen molar-refractivity contribution in [1.29, 1.82) is 0 Å². The van der Waals surface area contributed by atoms with Crippen LogP contribution in [0.25, 0.3) is 0 Å². The topological polar surface area (TPSA) is 12.4 Å². The molecule has 0 fully saturated rings. The van der Waals surface area contributed by atoms with Gasteiger partial charge < -0.3 is 0 Å². The Kier molecular flexibility index (Phi) is 6.29. The van der Waals surface area contributed by atoms with Crippen molar-refractivity contribution >= 4 is 18.0 Å². The lowest BCUT2D eigenvalue weighted by Gasteiger charge is -1.85. The van der Waals surface area contributed by atoms with E-state index in [1.807, 2.05) is 24.7 Å². The van der Waals surface area contributed by atoms with E-state index in [2.05, 4.69) is 11.6 Å². The van der Waals surface area contributed by atoms with Crippen molar-refractivity contribution in [2.24, 2.45) is 4.99 Å². The molecule has 2 heteroatoms. The van der Waals surface area contributed by atoms with Crippen molar-refractivity contribution in [3.63, 3.8) is 0 Å². The summed E-state index contributed by atoms with van der Waals surface area (Å²) in [6.07, 6.45) is 5.75. The third-order valence-corrected chi connectivity index (χ3v) is 1.27. The largest absolute Gasteiger partial charge is 0.293 e. The first-order chi connectivity index (χ1) is 4.81. The van der Waals surface area contributed by atoms with Crippen molar-refractivity contribution in [2.45, 2.75) is 6.92 Å². The maximum atomic E-state index is 4.04. The zero-order chi connectivity index (χ0) is 7.82. The van der Waals surface area contributed by atoms with Gasteiger partial charge in [0, 0.05) is 12.8 Å². The van der Waals surface area contributed by atoms with E-state index in [4.69, 9.17) is 0 Å². The number of allylic oxidation sites excluding steroid dienone is 2. The Morgan fingerprint density at radius 1 is 1.70 bits per heavy atom. The molecule has 0 N–H and O–H groups in total. The molecule has 0 aromatic rings. The van der Waals surface area contributed by atoms with Gasteiger partial charge in [-0.1, -0.05) is 6.58 Å². The molecule has 0 aromatic carbocycles. The molecule has 0 heterocycles. The Labute approximate surface area is 66.9 Å². The van der Waals surface area contributed by atoms with Crippen LogP contribution in [0.3, 0.4) is 0 Å². The van der Waals surface area contributed by atoms with Gasteiger partial charge in [-0.2, -0.15) is 0 Å². The van der Waals surface area contributed by atoms with Crippen LogP contribution in [-0.4, -0.2) is 19.0 Å². The van der Waals surface area contributed by atoms with Crippen molar-refractivity contribution in [3.05, 3.63) is 23.6 Å². The van der Waals surface area contributed by atoms with Crippen LogP contribution in [0.4, 0.5) is 0 Å². The lowest BCUT2D eigenvalue weighted by atomic mass is 10.3. The second-order valence-electron chi connectivity index (χ2n) is 1.74. The van der Waals surface area contributed by atoms with E-state index < -0.39 is 0 Å². The summed E-state index contributed by atoms with van der Waals surface area (Å²) in [6.45, 7) is 6.61. The van der Waals surface area contributed by atoms with E-state index in [0.29, 0.717) is 0 Å². The van der Waals surface area contributed by atoms with Gasteiger partial charge in [-0.05, 0) is 30.2 Å². The Morgan fingerprint density at radius 2 is 2.40 bits per heavy atom. The van der Waals surface area contributed by atoms with Crippen LogP contribution >= 0.6 is 11.8 Å². The summed E-state index contributed by atoms with van der Waals surface area (Å²) in [4.78, 5) is 4.04. The fourth-order valence-electron chi connectivity index (χ4n) is 0.407. The quantitative estimate of drug-likeness (QED) is 0.449. The fraction of sp³-hybridized carbons (Fsp3) is 0.375. The smallest absolute Gasteiger partial charge is 0.0361 e. The minimum Gasteiger partial charge on any atom is -0.293 e. The van der Waals surface area contributed by atoms with Crippen LogP contribution in [0, 0.1) is 0 Å². The lowest BCUT2D eigenvalue weighted by Crippen LogP contribution is -1.77. The third kappa shape index (κ3) is 5.63. The Morgan fingerprint density at radius 3 is 2.90 bits per heavy atom. The second-order valence-corrected chi connectivity index (χ2v) is 2.48. The molecule has 1 nitrogen and oxygen atoms in total. The van der Waals surface area contributed by atoms with E-state index in [1.54, 1.807) is 18.0 Å². The molecular formula is C8H13NS. The van der Waals surface area contributed by atoms with Gasteiger partial charge in [-0.15, -0.1) is 11.8 Å². The van der Waals surface area contributed by atoms with Crippen LogP contribution in [-0.2, 0) is 0 Å². The fourth-order valence-corrected chi connectivity index (χ4v) is 0.718. The molecule has 0 spiro atoms. The summed E-state index contributed by atoms with van der Waals surface area (Å²) >= 11 is 1.66. The molecule has 0 amide bonds. The van der Waals surface area contributed by atoms with Crippen molar-refractivity contribution in [2.75, 3.05) is 12.8 Å². The highest BCUT2D eigenvalue weighted by Gasteiger charge is 1.77. The molecule has 0 aliphatic carbocycles. The molecule has 0 atom stereocenters. The minimum absolute atomic E-state index is 0.826. The molecule has 0 unspecified atom stereocenters. The summed E-state index contributed by atoms with van der Waals surface area (Å²) in [5.41, 5.74) is 0.955.